The van der Waals surface area contributed by atoms with E-state index in [-0.39, 0.29) is 6.04 Å². The van der Waals surface area contributed by atoms with E-state index in [2.05, 4.69) is 5.32 Å². The zero-order valence-electron chi connectivity index (χ0n) is 13.2. The molecular formula is C20H15Cl2NO2. The van der Waals surface area contributed by atoms with Gasteiger partial charge in [-0.25, -0.2) is 4.79 Å². The number of benzene rings is 3. The maximum absolute atomic E-state index is 12.3. The Morgan fingerprint density at radius 2 is 1.24 bits per heavy atom. The predicted octanol–water partition coefficient (Wildman–Crippen LogP) is 5.87. The smallest absolute Gasteiger partial charge is 0.410 e. The highest BCUT2D eigenvalue weighted by atomic mass is 35.5. The molecule has 0 radical (unpaired) electrons. The predicted molar refractivity (Wildman–Crippen MR) is 100 cm³/mol. The van der Waals surface area contributed by atoms with Crippen molar-refractivity contribution in [2.24, 2.45) is 0 Å². The molecule has 3 aromatic rings. The third kappa shape index (κ3) is 4.75. The van der Waals surface area contributed by atoms with Gasteiger partial charge in [0.2, 0.25) is 0 Å². The van der Waals surface area contributed by atoms with Crippen molar-refractivity contribution in [3.05, 3.63) is 100 Å². The van der Waals surface area contributed by atoms with Crippen molar-refractivity contribution in [2.75, 3.05) is 0 Å². The number of carbonyl (C=O) groups excluding carboxylic acids is 1. The average molecular weight is 372 g/mol. The van der Waals surface area contributed by atoms with E-state index in [0.29, 0.717) is 15.8 Å². The molecular weight excluding hydrogens is 357 g/mol. The van der Waals surface area contributed by atoms with Crippen LogP contribution in [0.25, 0.3) is 0 Å². The Morgan fingerprint density at radius 3 is 1.72 bits per heavy atom. The van der Waals surface area contributed by atoms with Gasteiger partial charge in [-0.3, -0.25) is 0 Å². The third-order valence-electron chi connectivity index (χ3n) is 3.62. The van der Waals surface area contributed by atoms with Crippen LogP contribution < -0.4 is 10.1 Å². The highest BCUT2D eigenvalue weighted by molar-refractivity contribution is 6.30. The van der Waals surface area contributed by atoms with Crippen molar-refractivity contribution in [1.82, 2.24) is 5.32 Å². The molecule has 0 saturated heterocycles. The second-order valence-corrected chi connectivity index (χ2v) is 6.26. The number of carbonyl (C=O) groups is 1. The summed E-state index contributed by atoms with van der Waals surface area (Å²) in [6.07, 6.45) is -0.541. The lowest BCUT2D eigenvalue weighted by Crippen LogP contribution is -2.31. The molecule has 0 bridgehead atoms. The molecule has 0 aliphatic heterocycles. The van der Waals surface area contributed by atoms with Crippen molar-refractivity contribution in [1.29, 1.82) is 0 Å². The minimum Gasteiger partial charge on any atom is -0.410 e. The molecule has 3 aromatic carbocycles. The number of rotatable bonds is 4. The van der Waals surface area contributed by atoms with Crippen molar-refractivity contribution < 1.29 is 9.53 Å². The van der Waals surface area contributed by atoms with Crippen LogP contribution in [0.1, 0.15) is 17.2 Å². The van der Waals surface area contributed by atoms with Crippen LogP contribution in [0.15, 0.2) is 78.9 Å². The number of halogens is 2. The van der Waals surface area contributed by atoms with Gasteiger partial charge in [-0.1, -0.05) is 65.7 Å². The van der Waals surface area contributed by atoms with Crippen LogP contribution in [-0.4, -0.2) is 6.09 Å². The van der Waals surface area contributed by atoms with Gasteiger partial charge in [0.1, 0.15) is 5.75 Å². The van der Waals surface area contributed by atoms with Crippen molar-refractivity contribution in [3.63, 3.8) is 0 Å². The molecule has 25 heavy (non-hydrogen) atoms. The molecule has 126 valence electrons. The molecule has 3 rings (SSSR count). The Labute approximate surface area is 156 Å². The Morgan fingerprint density at radius 1 is 0.760 bits per heavy atom. The molecule has 1 amide bonds. The molecule has 0 fully saturated rings. The molecule has 0 heterocycles. The van der Waals surface area contributed by atoms with Gasteiger partial charge in [0, 0.05) is 10.0 Å². The van der Waals surface area contributed by atoms with E-state index in [4.69, 9.17) is 27.9 Å². The van der Waals surface area contributed by atoms with Crippen LogP contribution in [-0.2, 0) is 0 Å². The quantitative estimate of drug-likeness (QED) is 0.622. The van der Waals surface area contributed by atoms with Crippen LogP contribution in [0.5, 0.6) is 5.75 Å². The summed E-state index contributed by atoms with van der Waals surface area (Å²) in [7, 11) is 0. The fourth-order valence-electron chi connectivity index (χ4n) is 2.41. The van der Waals surface area contributed by atoms with Gasteiger partial charge in [0.15, 0.2) is 0 Å². The number of hydrogen-bond donors (Lipinski definition) is 1. The number of hydrogen-bond acceptors (Lipinski definition) is 2. The first-order chi connectivity index (χ1) is 12.1. The summed E-state index contributed by atoms with van der Waals surface area (Å²) in [5.41, 5.74) is 1.77. The second kappa shape index (κ2) is 8.06. The fourth-order valence-corrected chi connectivity index (χ4v) is 2.66. The van der Waals surface area contributed by atoms with Crippen molar-refractivity contribution >= 4 is 29.3 Å². The summed E-state index contributed by atoms with van der Waals surface area (Å²) in [5, 5.41) is 4.15. The molecule has 0 aromatic heterocycles. The zero-order valence-corrected chi connectivity index (χ0v) is 14.7. The normalized spacial score (nSPS) is 10.5. The van der Waals surface area contributed by atoms with E-state index in [1.54, 1.807) is 48.5 Å². The van der Waals surface area contributed by atoms with E-state index in [9.17, 15) is 4.79 Å². The lowest BCUT2D eigenvalue weighted by Gasteiger charge is -2.20. The zero-order chi connectivity index (χ0) is 17.6. The first kappa shape index (κ1) is 17.3. The van der Waals surface area contributed by atoms with Crippen LogP contribution in [0.3, 0.4) is 0 Å². The van der Waals surface area contributed by atoms with Crippen LogP contribution in [0.4, 0.5) is 4.79 Å². The largest absolute Gasteiger partial charge is 0.413 e. The minimum atomic E-state index is -0.541. The van der Waals surface area contributed by atoms with Crippen molar-refractivity contribution in [3.8, 4) is 5.75 Å². The summed E-state index contributed by atoms with van der Waals surface area (Å²) >= 11 is 11.9. The summed E-state index contributed by atoms with van der Waals surface area (Å²) in [4.78, 5) is 12.3. The van der Waals surface area contributed by atoms with E-state index < -0.39 is 6.09 Å². The maximum atomic E-state index is 12.3. The van der Waals surface area contributed by atoms with Gasteiger partial charge in [-0.05, 0) is 47.5 Å². The van der Waals surface area contributed by atoms with E-state index in [1.165, 1.54) is 0 Å². The second-order valence-electron chi connectivity index (χ2n) is 5.38. The van der Waals surface area contributed by atoms with Crippen molar-refractivity contribution in [2.45, 2.75) is 6.04 Å². The average Bonchev–Trinajstić information content (AvgIpc) is 2.62. The summed E-state index contributed by atoms with van der Waals surface area (Å²) in [6, 6.07) is 23.1. The SMILES string of the molecule is O=C(NC(c1ccc(Cl)cc1)c1ccc(Cl)cc1)Oc1ccccc1. The molecule has 0 spiro atoms. The summed E-state index contributed by atoms with van der Waals surface area (Å²) < 4.78 is 5.33. The van der Waals surface area contributed by atoms with Gasteiger partial charge < -0.3 is 10.1 Å². The van der Waals surface area contributed by atoms with Crippen LogP contribution >= 0.6 is 23.2 Å². The van der Waals surface area contributed by atoms with Gasteiger partial charge in [-0.15, -0.1) is 0 Å². The Hall–Kier alpha value is -2.49. The topological polar surface area (TPSA) is 38.3 Å². The van der Waals surface area contributed by atoms with E-state index in [1.807, 2.05) is 30.3 Å². The Balaban J connectivity index is 1.84. The van der Waals surface area contributed by atoms with Gasteiger partial charge in [-0.2, -0.15) is 0 Å². The molecule has 0 saturated carbocycles. The van der Waals surface area contributed by atoms with E-state index >= 15 is 0 Å². The van der Waals surface area contributed by atoms with Crippen LogP contribution in [0.2, 0.25) is 10.0 Å². The van der Waals surface area contributed by atoms with Gasteiger partial charge in [0.05, 0.1) is 6.04 Å². The fraction of sp³-hybridized carbons (Fsp3) is 0.0500. The number of nitrogens with one attached hydrogen (secondary N) is 1. The molecule has 1 N–H and O–H groups in total. The monoisotopic (exact) mass is 371 g/mol. The number of amides is 1. The van der Waals surface area contributed by atoms with Gasteiger partial charge >= 0.3 is 6.09 Å². The summed E-state index contributed by atoms with van der Waals surface area (Å²) in [5.74, 6) is 0.478. The molecule has 0 unspecified atom stereocenters. The number of ether oxygens (including phenoxy) is 1. The maximum Gasteiger partial charge on any atom is 0.413 e. The first-order valence-electron chi connectivity index (χ1n) is 7.66. The standard InChI is InChI=1S/C20H15Cl2NO2/c21-16-10-6-14(7-11-16)19(15-8-12-17(22)13-9-15)23-20(24)25-18-4-2-1-3-5-18/h1-13,19H,(H,23,24). The molecule has 0 aliphatic rings. The highest BCUT2D eigenvalue weighted by Crippen LogP contribution is 2.25. The lowest BCUT2D eigenvalue weighted by molar-refractivity contribution is 0.198. The van der Waals surface area contributed by atoms with Gasteiger partial charge in [0.25, 0.3) is 0 Å². The third-order valence-corrected chi connectivity index (χ3v) is 4.13. The first-order valence-corrected chi connectivity index (χ1v) is 8.42. The molecule has 0 atom stereocenters. The van der Waals surface area contributed by atoms with Crippen LogP contribution in [0, 0.1) is 0 Å². The molecule has 0 aliphatic carbocycles. The minimum absolute atomic E-state index is 0.384. The Kier molecular flexibility index (Phi) is 5.59. The Bertz CT molecular complexity index is 788. The van der Waals surface area contributed by atoms with E-state index in [0.717, 1.165) is 11.1 Å². The molecule has 5 heteroatoms. The molecule has 3 nitrogen and oxygen atoms in total. The highest BCUT2D eigenvalue weighted by Gasteiger charge is 2.18. The summed E-state index contributed by atoms with van der Waals surface area (Å²) in [6.45, 7) is 0. The lowest BCUT2D eigenvalue weighted by atomic mass is 9.99. The number of para-hydroxylation sites is 1.